The molecule has 13 heteroatoms. The number of carbonyl (C=O) groups excluding carboxylic acids is 1. The number of rotatable bonds is 9. The zero-order valence-electron chi connectivity index (χ0n) is 22.2. The molecule has 0 radical (unpaired) electrons. The zero-order chi connectivity index (χ0) is 28.9. The predicted octanol–water partition coefficient (Wildman–Crippen LogP) is 2.31. The summed E-state index contributed by atoms with van der Waals surface area (Å²) in [7, 11) is -5.10. The summed E-state index contributed by atoms with van der Waals surface area (Å²) < 4.78 is 66.4. The molecule has 0 unspecified atom stereocenters. The second kappa shape index (κ2) is 12.2. The van der Waals surface area contributed by atoms with E-state index in [-0.39, 0.29) is 29.4 Å². The second-order valence-electron chi connectivity index (χ2n) is 8.86. The van der Waals surface area contributed by atoms with Crippen molar-refractivity contribution in [3.05, 3.63) is 84.4 Å². The Morgan fingerprint density at radius 3 is 1.98 bits per heavy atom. The Morgan fingerprint density at radius 2 is 1.40 bits per heavy atom. The highest BCUT2D eigenvalue weighted by Crippen LogP contribution is 2.28. The summed E-state index contributed by atoms with van der Waals surface area (Å²) in [5, 5.41) is 4.17. The van der Waals surface area contributed by atoms with Gasteiger partial charge in [0.05, 0.1) is 29.7 Å². The first-order valence-electron chi connectivity index (χ1n) is 12.3. The Morgan fingerprint density at radius 1 is 0.825 bits per heavy atom. The second-order valence-corrected chi connectivity index (χ2v) is 12.7. The Bertz CT molecular complexity index is 1600. The van der Waals surface area contributed by atoms with Crippen LogP contribution in [-0.4, -0.2) is 77.0 Å². The van der Waals surface area contributed by atoms with Gasteiger partial charge in [-0.3, -0.25) is 4.79 Å². The third-order valence-corrected chi connectivity index (χ3v) is 10.3. The monoisotopic (exact) mass is 586 g/mol. The van der Waals surface area contributed by atoms with E-state index in [1.807, 2.05) is 0 Å². The molecule has 1 N–H and O–H groups in total. The van der Waals surface area contributed by atoms with Gasteiger partial charge in [-0.05, 0) is 49.4 Å². The summed E-state index contributed by atoms with van der Waals surface area (Å²) in [5.41, 5.74) is 3.47. The Balaban J connectivity index is 1.64. The number of hydrogen-bond donors (Lipinski definition) is 1. The van der Waals surface area contributed by atoms with Crippen molar-refractivity contribution in [2.45, 2.75) is 22.8 Å². The van der Waals surface area contributed by atoms with Crippen LogP contribution in [0.1, 0.15) is 12.5 Å². The van der Waals surface area contributed by atoms with E-state index < -0.39 is 32.0 Å². The average molecular weight is 587 g/mol. The van der Waals surface area contributed by atoms with Crippen LogP contribution in [0.15, 0.2) is 93.8 Å². The fourth-order valence-corrected chi connectivity index (χ4v) is 7.32. The van der Waals surface area contributed by atoms with E-state index in [0.717, 1.165) is 8.61 Å². The van der Waals surface area contributed by atoms with E-state index >= 15 is 0 Å². The van der Waals surface area contributed by atoms with Gasteiger partial charge in [-0.25, -0.2) is 22.3 Å². The van der Waals surface area contributed by atoms with Crippen molar-refractivity contribution >= 4 is 31.7 Å². The topological polar surface area (TPSA) is 135 Å². The van der Waals surface area contributed by atoms with Gasteiger partial charge in [0.1, 0.15) is 6.04 Å². The maximum absolute atomic E-state index is 13.5. The smallest absolute Gasteiger partial charge is 0.259 e. The maximum atomic E-state index is 13.5. The molecule has 0 aliphatic carbocycles. The normalized spacial score (nSPS) is 17.3. The molecule has 1 heterocycles. The van der Waals surface area contributed by atoms with Crippen molar-refractivity contribution in [2.24, 2.45) is 5.10 Å². The van der Waals surface area contributed by atoms with Gasteiger partial charge >= 0.3 is 0 Å². The Hall–Kier alpha value is -3.78. The molecule has 3 aromatic rings. The summed E-state index contributed by atoms with van der Waals surface area (Å²) >= 11 is 0. The van der Waals surface area contributed by atoms with Crippen LogP contribution in [0.2, 0.25) is 0 Å². The van der Waals surface area contributed by atoms with E-state index in [1.165, 1.54) is 38.5 Å². The van der Waals surface area contributed by atoms with Crippen LogP contribution in [0.25, 0.3) is 0 Å². The van der Waals surface area contributed by atoms with Gasteiger partial charge < -0.3 is 9.47 Å². The van der Waals surface area contributed by atoms with Gasteiger partial charge in [0.2, 0.25) is 20.0 Å². The van der Waals surface area contributed by atoms with Crippen LogP contribution in [0.4, 0.5) is 0 Å². The summed E-state index contributed by atoms with van der Waals surface area (Å²) in [6.07, 6.45) is 0. The first-order valence-corrected chi connectivity index (χ1v) is 15.2. The van der Waals surface area contributed by atoms with Crippen molar-refractivity contribution in [3.63, 3.8) is 0 Å². The molecule has 40 heavy (non-hydrogen) atoms. The number of sulfonamides is 2. The molecule has 0 bridgehead atoms. The highest BCUT2D eigenvalue weighted by atomic mass is 32.2. The minimum Gasteiger partial charge on any atom is -0.493 e. The number of nitrogens with one attached hydrogen (secondary N) is 1. The lowest BCUT2D eigenvalue weighted by Crippen LogP contribution is -2.60. The molecule has 11 nitrogen and oxygen atoms in total. The highest BCUT2D eigenvalue weighted by molar-refractivity contribution is 7.89. The first-order chi connectivity index (χ1) is 19.1. The number of ether oxygens (including phenoxy) is 2. The number of piperazine rings is 1. The van der Waals surface area contributed by atoms with Gasteiger partial charge in [0.15, 0.2) is 11.5 Å². The molecule has 0 aromatic heterocycles. The molecule has 0 spiro atoms. The lowest BCUT2D eigenvalue weighted by atomic mass is 10.1. The standard InChI is InChI=1S/C27H30N4O7S2/c1-20(21-14-15-25(37-2)26(18-21)38-3)28-29-27(32)24-19-30(39(33,34)22-10-6-4-7-11-22)16-17-31(24)40(35,36)23-12-8-5-9-13-23/h4-15,18,24H,16-17,19H2,1-3H3,(H,29,32)/b28-20-/t24-/m1/s1. The molecule has 1 aliphatic heterocycles. The Labute approximate surface area is 234 Å². The van der Waals surface area contributed by atoms with Gasteiger partial charge in [-0.15, -0.1) is 0 Å². The van der Waals surface area contributed by atoms with Crippen LogP contribution in [0.3, 0.4) is 0 Å². The largest absolute Gasteiger partial charge is 0.493 e. The van der Waals surface area contributed by atoms with Crippen LogP contribution in [0, 0.1) is 0 Å². The van der Waals surface area contributed by atoms with Crippen molar-refractivity contribution in [1.29, 1.82) is 0 Å². The molecule has 1 atom stereocenters. The van der Waals surface area contributed by atoms with Gasteiger partial charge in [0, 0.05) is 25.2 Å². The molecule has 1 saturated heterocycles. The molecule has 0 saturated carbocycles. The van der Waals surface area contributed by atoms with E-state index in [4.69, 9.17) is 9.47 Å². The van der Waals surface area contributed by atoms with Gasteiger partial charge in [-0.2, -0.15) is 13.7 Å². The average Bonchev–Trinajstić information content (AvgIpc) is 2.99. The van der Waals surface area contributed by atoms with E-state index in [2.05, 4.69) is 10.5 Å². The quantitative estimate of drug-likeness (QED) is 0.300. The van der Waals surface area contributed by atoms with Gasteiger partial charge in [0.25, 0.3) is 5.91 Å². The molecule has 212 valence electrons. The molecule has 1 aliphatic rings. The number of amides is 1. The number of benzene rings is 3. The first kappa shape index (κ1) is 29.2. The number of nitrogens with zero attached hydrogens (tertiary/aromatic N) is 3. The molecular formula is C27H30N4O7S2. The number of carbonyl (C=O) groups is 1. The zero-order valence-corrected chi connectivity index (χ0v) is 23.9. The lowest BCUT2D eigenvalue weighted by Gasteiger charge is -2.38. The van der Waals surface area contributed by atoms with Crippen LogP contribution in [-0.2, 0) is 24.8 Å². The summed E-state index contributed by atoms with van der Waals surface area (Å²) in [6, 6.07) is 19.2. The third kappa shape index (κ3) is 6.02. The maximum Gasteiger partial charge on any atom is 0.259 e. The van der Waals surface area contributed by atoms with Crippen LogP contribution < -0.4 is 14.9 Å². The van der Waals surface area contributed by atoms with Crippen molar-refractivity contribution in [1.82, 2.24) is 14.0 Å². The van der Waals surface area contributed by atoms with E-state index in [9.17, 15) is 21.6 Å². The van der Waals surface area contributed by atoms with Crippen LogP contribution in [0.5, 0.6) is 11.5 Å². The molecule has 1 fully saturated rings. The fraction of sp³-hybridized carbons (Fsp3) is 0.259. The number of hydrogen-bond acceptors (Lipinski definition) is 8. The molecular weight excluding hydrogens is 556 g/mol. The summed E-state index contributed by atoms with van der Waals surface area (Å²) in [4.78, 5) is 13.5. The van der Waals surface area contributed by atoms with Crippen molar-refractivity contribution in [2.75, 3.05) is 33.9 Å². The van der Waals surface area contributed by atoms with Gasteiger partial charge in [-0.1, -0.05) is 36.4 Å². The predicted molar refractivity (Wildman–Crippen MR) is 149 cm³/mol. The minimum absolute atomic E-state index is 0.00261. The lowest BCUT2D eigenvalue weighted by molar-refractivity contribution is -0.125. The van der Waals surface area contributed by atoms with Crippen LogP contribution >= 0.6 is 0 Å². The molecule has 1 amide bonds. The summed E-state index contributed by atoms with van der Waals surface area (Å²) in [5.74, 6) is 0.217. The van der Waals surface area contributed by atoms with E-state index in [0.29, 0.717) is 22.8 Å². The molecule has 4 rings (SSSR count). The van der Waals surface area contributed by atoms with Crippen molar-refractivity contribution < 1.29 is 31.1 Å². The molecule has 3 aromatic carbocycles. The van der Waals surface area contributed by atoms with E-state index in [1.54, 1.807) is 61.5 Å². The number of methoxy groups -OCH3 is 2. The third-order valence-electron chi connectivity index (χ3n) is 6.46. The van der Waals surface area contributed by atoms with Crippen molar-refractivity contribution in [3.8, 4) is 11.5 Å². The highest BCUT2D eigenvalue weighted by Gasteiger charge is 2.43. The summed E-state index contributed by atoms with van der Waals surface area (Å²) in [6.45, 7) is 0.924. The fourth-order valence-electron chi connectivity index (χ4n) is 4.27. The minimum atomic E-state index is -4.13. The Kier molecular flexibility index (Phi) is 8.88. The SMILES string of the molecule is COc1ccc(/C(C)=N\NC(=O)[C@H]2CN(S(=O)(=O)c3ccccc3)CCN2S(=O)(=O)c2ccccc2)cc1OC. The number of hydrazone groups is 1.